The Labute approximate surface area is 280 Å². The van der Waals surface area contributed by atoms with E-state index in [-0.39, 0.29) is 0 Å². The lowest BCUT2D eigenvalue weighted by Gasteiger charge is -2.26. The molecule has 0 unspecified atom stereocenters. The van der Waals surface area contributed by atoms with Gasteiger partial charge in [0.25, 0.3) is 0 Å². The van der Waals surface area contributed by atoms with Crippen LogP contribution in [0.3, 0.4) is 0 Å². The maximum Gasteiger partial charge on any atom is 0.0476 e. The standard InChI is InChI=1S/C44H27NS2/c1-2-8-28(9-3-1)29-16-20-35-30(24-29)14-15-31-25-32(17-21-36(31)35)45(33-18-22-39-37-10-4-6-12-41(37)46-43(39)26-33)34-19-23-40-38-11-5-7-13-42(38)47-44(40)27-34/h1-27H. The van der Waals surface area contributed by atoms with Crippen molar-refractivity contribution in [2.24, 2.45) is 0 Å². The molecule has 0 bridgehead atoms. The second-order valence-electron chi connectivity index (χ2n) is 12.2. The summed E-state index contributed by atoms with van der Waals surface area (Å²) in [6.45, 7) is 0. The molecular weight excluding hydrogens is 607 g/mol. The molecule has 2 heterocycles. The summed E-state index contributed by atoms with van der Waals surface area (Å²) in [7, 11) is 0. The Morgan fingerprint density at radius 3 is 1.38 bits per heavy atom. The first kappa shape index (κ1) is 26.7. The van der Waals surface area contributed by atoms with Crippen LogP contribution in [0.1, 0.15) is 0 Å². The molecular formula is C44H27NS2. The summed E-state index contributed by atoms with van der Waals surface area (Å²) in [5.74, 6) is 0. The SMILES string of the molecule is c1ccc(-c2ccc3c(ccc4cc(N(c5ccc6c(c5)sc5ccccc56)c5ccc6c(c5)sc5ccccc56)ccc43)c2)cc1. The summed E-state index contributed by atoms with van der Waals surface area (Å²) >= 11 is 3.74. The van der Waals surface area contributed by atoms with E-state index in [4.69, 9.17) is 0 Å². The molecule has 0 atom stereocenters. The van der Waals surface area contributed by atoms with Crippen molar-refractivity contribution in [3.05, 3.63) is 164 Å². The highest BCUT2D eigenvalue weighted by Gasteiger charge is 2.17. The smallest absolute Gasteiger partial charge is 0.0476 e. The Morgan fingerprint density at radius 2 is 0.766 bits per heavy atom. The predicted octanol–water partition coefficient (Wildman–Crippen LogP) is 13.9. The van der Waals surface area contributed by atoms with E-state index < -0.39 is 0 Å². The fourth-order valence-electron chi connectivity index (χ4n) is 7.16. The molecule has 3 heteroatoms. The number of rotatable bonds is 4. The zero-order chi connectivity index (χ0) is 30.9. The third-order valence-electron chi connectivity index (χ3n) is 9.43. The fourth-order valence-corrected chi connectivity index (χ4v) is 9.44. The van der Waals surface area contributed by atoms with Crippen LogP contribution in [0.4, 0.5) is 17.1 Å². The molecule has 0 spiro atoms. The Bertz CT molecular complexity index is 2690. The van der Waals surface area contributed by atoms with Gasteiger partial charge in [-0.05, 0) is 87.3 Å². The molecule has 0 amide bonds. The van der Waals surface area contributed by atoms with E-state index in [1.807, 2.05) is 22.7 Å². The number of anilines is 3. The number of benzene rings is 8. The minimum atomic E-state index is 1.15. The normalized spacial score (nSPS) is 11.8. The van der Waals surface area contributed by atoms with E-state index >= 15 is 0 Å². The van der Waals surface area contributed by atoms with Crippen molar-refractivity contribution in [1.29, 1.82) is 0 Å². The molecule has 0 fully saturated rings. The minimum absolute atomic E-state index is 1.15. The van der Waals surface area contributed by atoms with Gasteiger partial charge in [0.2, 0.25) is 0 Å². The van der Waals surface area contributed by atoms with Crippen LogP contribution in [0.2, 0.25) is 0 Å². The fraction of sp³-hybridized carbons (Fsp3) is 0. The Morgan fingerprint density at radius 1 is 0.298 bits per heavy atom. The highest BCUT2D eigenvalue weighted by atomic mass is 32.1. The van der Waals surface area contributed by atoms with Crippen molar-refractivity contribution < 1.29 is 0 Å². The lowest BCUT2D eigenvalue weighted by atomic mass is 9.97. The van der Waals surface area contributed by atoms with E-state index in [0.717, 1.165) is 17.1 Å². The van der Waals surface area contributed by atoms with E-state index in [2.05, 4.69) is 169 Å². The molecule has 0 aliphatic rings. The van der Waals surface area contributed by atoms with Gasteiger partial charge in [0.15, 0.2) is 0 Å². The van der Waals surface area contributed by atoms with Gasteiger partial charge in [-0.2, -0.15) is 0 Å². The average Bonchev–Trinajstić information content (AvgIpc) is 3.69. The molecule has 0 saturated carbocycles. The van der Waals surface area contributed by atoms with Gasteiger partial charge in [-0.25, -0.2) is 0 Å². The largest absolute Gasteiger partial charge is 0.310 e. The van der Waals surface area contributed by atoms with Crippen LogP contribution >= 0.6 is 22.7 Å². The quantitative estimate of drug-likeness (QED) is 0.174. The van der Waals surface area contributed by atoms with Crippen LogP contribution in [0.25, 0.3) is 73.0 Å². The molecule has 0 aliphatic heterocycles. The van der Waals surface area contributed by atoms with Crippen molar-refractivity contribution in [2.45, 2.75) is 0 Å². The van der Waals surface area contributed by atoms with Crippen LogP contribution in [0.5, 0.6) is 0 Å². The highest BCUT2D eigenvalue weighted by molar-refractivity contribution is 7.26. The Balaban J connectivity index is 1.15. The van der Waals surface area contributed by atoms with Crippen LogP contribution in [0.15, 0.2) is 164 Å². The topological polar surface area (TPSA) is 3.24 Å². The predicted molar refractivity (Wildman–Crippen MR) is 207 cm³/mol. The number of thiophene rings is 2. The molecule has 0 aliphatic carbocycles. The van der Waals surface area contributed by atoms with Gasteiger partial charge in [0.1, 0.15) is 0 Å². The van der Waals surface area contributed by atoms with Gasteiger partial charge >= 0.3 is 0 Å². The minimum Gasteiger partial charge on any atom is -0.310 e. The first-order valence-electron chi connectivity index (χ1n) is 15.9. The zero-order valence-corrected chi connectivity index (χ0v) is 27.0. The van der Waals surface area contributed by atoms with Gasteiger partial charge in [-0.15, -0.1) is 22.7 Å². The number of hydrogen-bond donors (Lipinski definition) is 0. The Kier molecular flexibility index (Phi) is 5.98. The first-order chi connectivity index (χ1) is 23.3. The van der Waals surface area contributed by atoms with E-state index in [1.54, 1.807) is 0 Å². The summed E-state index contributed by atoms with van der Waals surface area (Å²) in [5, 5.41) is 10.3. The number of hydrogen-bond acceptors (Lipinski definition) is 3. The Hall–Kier alpha value is -5.48. The lowest BCUT2D eigenvalue weighted by Crippen LogP contribution is -2.09. The van der Waals surface area contributed by atoms with Crippen molar-refractivity contribution in [2.75, 3.05) is 4.90 Å². The van der Waals surface area contributed by atoms with Gasteiger partial charge in [-0.3, -0.25) is 0 Å². The molecule has 0 N–H and O–H groups in total. The first-order valence-corrected chi connectivity index (χ1v) is 17.5. The van der Waals surface area contributed by atoms with Gasteiger partial charge < -0.3 is 4.90 Å². The van der Waals surface area contributed by atoms with Crippen molar-refractivity contribution in [3.8, 4) is 11.1 Å². The molecule has 220 valence electrons. The maximum absolute atomic E-state index is 2.43. The maximum atomic E-state index is 2.43. The van der Waals surface area contributed by atoms with Crippen molar-refractivity contribution in [1.82, 2.24) is 0 Å². The van der Waals surface area contributed by atoms with Crippen LogP contribution in [0, 0.1) is 0 Å². The third kappa shape index (κ3) is 4.35. The lowest BCUT2D eigenvalue weighted by molar-refractivity contribution is 1.30. The highest BCUT2D eigenvalue weighted by Crippen LogP contribution is 2.44. The van der Waals surface area contributed by atoms with E-state index in [0.29, 0.717) is 0 Å². The molecule has 8 aromatic carbocycles. The van der Waals surface area contributed by atoms with Gasteiger partial charge in [-0.1, -0.05) is 109 Å². The van der Waals surface area contributed by atoms with Gasteiger partial charge in [0.05, 0.1) is 0 Å². The summed E-state index contributed by atoms with van der Waals surface area (Å²) in [5.41, 5.74) is 5.97. The zero-order valence-electron chi connectivity index (χ0n) is 25.4. The van der Waals surface area contributed by atoms with Crippen molar-refractivity contribution in [3.63, 3.8) is 0 Å². The summed E-state index contributed by atoms with van der Waals surface area (Å²) in [6.07, 6.45) is 0. The van der Waals surface area contributed by atoms with Crippen LogP contribution in [-0.2, 0) is 0 Å². The molecule has 1 nitrogen and oxygen atoms in total. The molecule has 10 aromatic rings. The molecule has 10 rings (SSSR count). The summed E-state index contributed by atoms with van der Waals surface area (Å²) in [6, 6.07) is 60.3. The molecule has 0 saturated heterocycles. The summed E-state index contributed by atoms with van der Waals surface area (Å²) in [4.78, 5) is 2.43. The monoisotopic (exact) mass is 633 g/mol. The number of fused-ring (bicyclic) bond motifs is 9. The number of nitrogens with zero attached hydrogens (tertiary/aromatic N) is 1. The van der Waals surface area contributed by atoms with Gasteiger partial charge in [0, 0.05) is 57.4 Å². The third-order valence-corrected chi connectivity index (χ3v) is 11.7. The molecule has 2 aromatic heterocycles. The molecule has 0 radical (unpaired) electrons. The second-order valence-corrected chi connectivity index (χ2v) is 14.3. The van der Waals surface area contributed by atoms with Crippen LogP contribution < -0.4 is 4.90 Å². The van der Waals surface area contributed by atoms with E-state index in [9.17, 15) is 0 Å². The average molecular weight is 634 g/mol. The molecule has 47 heavy (non-hydrogen) atoms. The van der Waals surface area contributed by atoms with Crippen molar-refractivity contribution >= 4 is 102 Å². The second kappa shape index (κ2) is 10.5. The van der Waals surface area contributed by atoms with Crippen LogP contribution in [-0.4, -0.2) is 0 Å². The summed E-state index contributed by atoms with van der Waals surface area (Å²) < 4.78 is 5.26. The van der Waals surface area contributed by atoms with E-state index in [1.165, 1.54) is 73.0 Å².